The number of rotatable bonds is 3. The van der Waals surface area contributed by atoms with Crippen LogP contribution in [0.4, 0.5) is 13.2 Å². The molecule has 0 aliphatic carbocycles. The van der Waals surface area contributed by atoms with Gasteiger partial charge in [0, 0.05) is 11.1 Å². The SMILES string of the molecule is CNS(=O)(=O)c1ccc2c(c1)c1ocnc1c(=O)n2-c1ccc(C(F)(F)F)cc1. The van der Waals surface area contributed by atoms with Crippen LogP contribution in [0.1, 0.15) is 5.56 Å². The topological polar surface area (TPSA) is 94.2 Å². The van der Waals surface area contributed by atoms with Crippen LogP contribution in [0.3, 0.4) is 0 Å². The summed E-state index contributed by atoms with van der Waals surface area (Å²) in [6.07, 6.45) is -3.47. The van der Waals surface area contributed by atoms with E-state index in [4.69, 9.17) is 4.42 Å². The van der Waals surface area contributed by atoms with E-state index in [1.54, 1.807) is 0 Å². The zero-order chi connectivity index (χ0) is 21.0. The highest BCUT2D eigenvalue weighted by atomic mass is 32.2. The van der Waals surface area contributed by atoms with Gasteiger partial charge in [-0.25, -0.2) is 18.1 Å². The molecule has 150 valence electrons. The third-order valence-electron chi connectivity index (χ3n) is 4.46. The van der Waals surface area contributed by atoms with E-state index >= 15 is 0 Å². The predicted octanol–water partition coefficient (Wildman–Crippen LogP) is 3.06. The number of hydrogen-bond donors (Lipinski definition) is 1. The molecule has 0 fully saturated rings. The summed E-state index contributed by atoms with van der Waals surface area (Å²) < 4.78 is 71.5. The molecule has 0 radical (unpaired) electrons. The lowest BCUT2D eigenvalue weighted by Crippen LogP contribution is -2.21. The molecule has 1 N–H and O–H groups in total. The Labute approximate surface area is 161 Å². The molecule has 2 aromatic heterocycles. The zero-order valence-corrected chi connectivity index (χ0v) is 15.5. The molecule has 0 saturated heterocycles. The van der Waals surface area contributed by atoms with Crippen LogP contribution in [-0.4, -0.2) is 25.0 Å². The Balaban J connectivity index is 2.06. The Kier molecular flexibility index (Phi) is 4.24. The highest BCUT2D eigenvalue weighted by Crippen LogP contribution is 2.31. The smallest absolute Gasteiger partial charge is 0.416 e. The van der Waals surface area contributed by atoms with Crippen molar-refractivity contribution in [2.24, 2.45) is 0 Å². The molecule has 11 heteroatoms. The molecule has 2 heterocycles. The molecular formula is C18H12F3N3O4S. The van der Waals surface area contributed by atoms with Crippen LogP contribution in [0, 0.1) is 0 Å². The van der Waals surface area contributed by atoms with Crippen molar-refractivity contribution in [1.82, 2.24) is 14.3 Å². The highest BCUT2D eigenvalue weighted by Gasteiger charge is 2.30. The van der Waals surface area contributed by atoms with Crippen LogP contribution >= 0.6 is 0 Å². The summed E-state index contributed by atoms with van der Waals surface area (Å²) in [5, 5.41) is 0.272. The number of fused-ring (bicyclic) bond motifs is 3. The Morgan fingerprint density at radius 2 is 1.79 bits per heavy atom. The predicted molar refractivity (Wildman–Crippen MR) is 98.4 cm³/mol. The lowest BCUT2D eigenvalue weighted by Gasteiger charge is -2.13. The first-order chi connectivity index (χ1) is 13.6. The summed E-state index contributed by atoms with van der Waals surface area (Å²) in [6.45, 7) is 0. The van der Waals surface area contributed by atoms with E-state index in [1.165, 1.54) is 25.2 Å². The number of nitrogens with zero attached hydrogens (tertiary/aromatic N) is 2. The molecule has 0 aliphatic rings. The molecule has 2 aromatic carbocycles. The van der Waals surface area contributed by atoms with Gasteiger partial charge < -0.3 is 4.42 Å². The maximum atomic E-state index is 12.9. The first-order valence-electron chi connectivity index (χ1n) is 8.16. The summed E-state index contributed by atoms with van der Waals surface area (Å²) in [5.74, 6) is 0. The second-order valence-electron chi connectivity index (χ2n) is 6.10. The molecule has 29 heavy (non-hydrogen) atoms. The first kappa shape index (κ1) is 19.2. The number of alkyl halides is 3. The fourth-order valence-corrected chi connectivity index (χ4v) is 3.79. The number of sulfonamides is 1. The lowest BCUT2D eigenvalue weighted by atomic mass is 10.1. The van der Waals surface area contributed by atoms with Crippen LogP contribution in [0.25, 0.3) is 27.7 Å². The molecule has 0 unspecified atom stereocenters. The number of halogens is 3. The Morgan fingerprint density at radius 3 is 2.41 bits per heavy atom. The van der Waals surface area contributed by atoms with Gasteiger partial charge in [0.2, 0.25) is 10.0 Å². The van der Waals surface area contributed by atoms with E-state index in [2.05, 4.69) is 9.71 Å². The number of aromatic nitrogens is 2. The minimum absolute atomic E-state index is 0.0668. The normalized spacial score (nSPS) is 12.7. The first-order valence-corrected chi connectivity index (χ1v) is 9.65. The van der Waals surface area contributed by atoms with Gasteiger partial charge >= 0.3 is 6.18 Å². The number of oxazole rings is 1. The zero-order valence-electron chi connectivity index (χ0n) is 14.7. The van der Waals surface area contributed by atoms with Crippen LogP contribution in [0.2, 0.25) is 0 Å². The van der Waals surface area contributed by atoms with E-state index in [1.807, 2.05) is 0 Å². The average Bonchev–Trinajstić information content (AvgIpc) is 3.18. The largest absolute Gasteiger partial charge is 0.443 e. The number of nitrogens with one attached hydrogen (secondary N) is 1. The molecule has 4 aromatic rings. The minimum atomic E-state index is -4.52. The maximum Gasteiger partial charge on any atom is 0.416 e. The number of hydrogen-bond acceptors (Lipinski definition) is 5. The summed E-state index contributed by atoms with van der Waals surface area (Å²) in [6, 6.07) is 8.04. The summed E-state index contributed by atoms with van der Waals surface area (Å²) in [4.78, 5) is 16.7. The van der Waals surface area contributed by atoms with Crippen molar-refractivity contribution in [3.05, 3.63) is 64.8 Å². The van der Waals surface area contributed by atoms with Gasteiger partial charge in [-0.2, -0.15) is 13.2 Å². The monoisotopic (exact) mass is 423 g/mol. The van der Waals surface area contributed by atoms with Crippen molar-refractivity contribution in [2.45, 2.75) is 11.1 Å². The summed E-state index contributed by atoms with van der Waals surface area (Å²) in [5.41, 5.74) is -1.03. The Morgan fingerprint density at radius 1 is 1.10 bits per heavy atom. The quantitative estimate of drug-likeness (QED) is 0.547. The molecule has 0 spiro atoms. The molecule has 7 nitrogen and oxygen atoms in total. The Hall–Kier alpha value is -3.18. The third kappa shape index (κ3) is 3.08. The van der Waals surface area contributed by atoms with Crippen molar-refractivity contribution in [2.75, 3.05) is 7.05 Å². The van der Waals surface area contributed by atoms with Gasteiger partial charge in [0.05, 0.1) is 16.0 Å². The van der Waals surface area contributed by atoms with Gasteiger partial charge in [0.1, 0.15) is 0 Å². The van der Waals surface area contributed by atoms with Crippen molar-refractivity contribution in [3.63, 3.8) is 0 Å². The van der Waals surface area contributed by atoms with E-state index < -0.39 is 27.3 Å². The van der Waals surface area contributed by atoms with E-state index in [-0.39, 0.29) is 32.6 Å². The van der Waals surface area contributed by atoms with Crippen LogP contribution < -0.4 is 10.3 Å². The van der Waals surface area contributed by atoms with Gasteiger partial charge in [-0.3, -0.25) is 9.36 Å². The Bertz CT molecular complexity index is 1400. The lowest BCUT2D eigenvalue weighted by molar-refractivity contribution is -0.137. The molecular weight excluding hydrogens is 411 g/mol. The fraction of sp³-hybridized carbons (Fsp3) is 0.111. The van der Waals surface area contributed by atoms with Gasteiger partial charge in [-0.15, -0.1) is 0 Å². The standard InChI is InChI=1S/C18H12F3N3O4S/c1-22-29(26,27)12-6-7-14-13(8-12)16-15(23-9-28-16)17(25)24(14)11-4-2-10(3-5-11)18(19,20)21/h2-9,22H,1H3. The molecule has 0 atom stereocenters. The number of pyridine rings is 1. The molecule has 0 aliphatic heterocycles. The summed E-state index contributed by atoms with van der Waals surface area (Å²) in [7, 11) is -2.52. The molecule has 0 saturated carbocycles. The van der Waals surface area contributed by atoms with E-state index in [0.717, 1.165) is 35.2 Å². The second kappa shape index (κ2) is 6.42. The minimum Gasteiger partial charge on any atom is -0.443 e. The molecule has 0 amide bonds. The fourth-order valence-electron chi connectivity index (χ4n) is 3.04. The van der Waals surface area contributed by atoms with Crippen molar-refractivity contribution < 1.29 is 26.0 Å². The van der Waals surface area contributed by atoms with Gasteiger partial charge in [0.15, 0.2) is 17.5 Å². The number of benzene rings is 2. The summed E-state index contributed by atoms with van der Waals surface area (Å²) >= 11 is 0. The third-order valence-corrected chi connectivity index (χ3v) is 5.87. The van der Waals surface area contributed by atoms with Crippen LogP contribution in [0.5, 0.6) is 0 Å². The highest BCUT2D eigenvalue weighted by molar-refractivity contribution is 7.89. The maximum absolute atomic E-state index is 12.9. The van der Waals surface area contributed by atoms with Crippen molar-refractivity contribution >= 4 is 32.0 Å². The van der Waals surface area contributed by atoms with E-state index in [0.29, 0.717) is 0 Å². The average molecular weight is 423 g/mol. The van der Waals surface area contributed by atoms with Gasteiger partial charge in [-0.05, 0) is 49.5 Å². The van der Waals surface area contributed by atoms with Crippen molar-refractivity contribution in [3.8, 4) is 5.69 Å². The van der Waals surface area contributed by atoms with Crippen LogP contribution in [-0.2, 0) is 16.2 Å². The van der Waals surface area contributed by atoms with Gasteiger partial charge in [0.25, 0.3) is 5.56 Å². The molecule has 4 rings (SSSR count). The van der Waals surface area contributed by atoms with Crippen LogP contribution in [0.15, 0.2) is 63.0 Å². The van der Waals surface area contributed by atoms with Gasteiger partial charge in [-0.1, -0.05) is 0 Å². The molecule has 0 bridgehead atoms. The van der Waals surface area contributed by atoms with Crippen molar-refractivity contribution in [1.29, 1.82) is 0 Å². The second-order valence-corrected chi connectivity index (χ2v) is 7.99. The van der Waals surface area contributed by atoms with E-state index in [9.17, 15) is 26.4 Å².